The molecule has 0 spiro atoms. The van der Waals surface area contributed by atoms with Gasteiger partial charge in [0.05, 0.1) is 18.3 Å². The van der Waals surface area contributed by atoms with Crippen molar-refractivity contribution in [1.29, 1.82) is 0 Å². The van der Waals surface area contributed by atoms with Crippen molar-refractivity contribution in [3.63, 3.8) is 0 Å². The Hall–Kier alpha value is -0.870. The summed E-state index contributed by atoms with van der Waals surface area (Å²) in [5.74, 6) is 0. The van der Waals surface area contributed by atoms with Crippen LogP contribution >= 0.6 is 0 Å². The number of likely N-dealkylation sites (N-methyl/N-ethyl adjacent to an activating group) is 1. The summed E-state index contributed by atoms with van der Waals surface area (Å²) in [6.07, 6.45) is 2.82. The van der Waals surface area contributed by atoms with Crippen molar-refractivity contribution in [3.05, 3.63) is 17.5 Å². The quantitative estimate of drug-likeness (QED) is 0.780. The standard InChI is InChI=1S/C14H27N3O/c1-6-12-8-13(7-2)17(16-12)11(3)9-14(4,10-18)15-5/h8,11,15,18H,6-7,9-10H2,1-5H3. The number of nitrogens with one attached hydrogen (secondary N) is 1. The van der Waals surface area contributed by atoms with Crippen molar-refractivity contribution >= 4 is 0 Å². The van der Waals surface area contributed by atoms with E-state index in [1.807, 2.05) is 14.0 Å². The Balaban J connectivity index is 2.89. The van der Waals surface area contributed by atoms with Crippen LogP contribution in [0.1, 0.15) is 51.5 Å². The summed E-state index contributed by atoms with van der Waals surface area (Å²) in [7, 11) is 1.89. The van der Waals surface area contributed by atoms with Crippen molar-refractivity contribution in [2.24, 2.45) is 0 Å². The minimum atomic E-state index is -0.247. The van der Waals surface area contributed by atoms with Gasteiger partial charge in [-0.1, -0.05) is 13.8 Å². The first-order chi connectivity index (χ1) is 8.49. The third-order valence-corrected chi connectivity index (χ3v) is 3.70. The van der Waals surface area contributed by atoms with Gasteiger partial charge >= 0.3 is 0 Å². The Bertz CT molecular complexity index is 369. The molecule has 0 aliphatic rings. The second-order valence-corrected chi connectivity index (χ2v) is 5.30. The molecule has 2 atom stereocenters. The first-order valence-electron chi connectivity index (χ1n) is 6.86. The van der Waals surface area contributed by atoms with Gasteiger partial charge in [0.2, 0.25) is 0 Å². The van der Waals surface area contributed by atoms with Crippen LogP contribution in [0.15, 0.2) is 6.07 Å². The molecule has 0 amide bonds. The highest BCUT2D eigenvalue weighted by Gasteiger charge is 2.25. The number of aliphatic hydroxyl groups excluding tert-OH is 1. The van der Waals surface area contributed by atoms with Crippen LogP contribution < -0.4 is 5.32 Å². The number of hydrogen-bond acceptors (Lipinski definition) is 3. The van der Waals surface area contributed by atoms with Crippen LogP contribution in [-0.4, -0.2) is 34.1 Å². The third kappa shape index (κ3) is 3.33. The maximum Gasteiger partial charge on any atom is 0.0624 e. The van der Waals surface area contributed by atoms with Crippen LogP contribution in [0.4, 0.5) is 0 Å². The van der Waals surface area contributed by atoms with Gasteiger partial charge in [-0.2, -0.15) is 5.10 Å². The number of nitrogens with zero attached hydrogens (tertiary/aromatic N) is 2. The smallest absolute Gasteiger partial charge is 0.0624 e. The molecule has 4 heteroatoms. The van der Waals surface area contributed by atoms with E-state index in [-0.39, 0.29) is 18.2 Å². The van der Waals surface area contributed by atoms with Gasteiger partial charge in [-0.15, -0.1) is 0 Å². The minimum Gasteiger partial charge on any atom is -0.394 e. The summed E-state index contributed by atoms with van der Waals surface area (Å²) in [5, 5.41) is 17.3. The lowest BCUT2D eigenvalue weighted by Crippen LogP contribution is -2.45. The van der Waals surface area contributed by atoms with Crippen molar-refractivity contribution in [2.45, 2.75) is 58.5 Å². The molecule has 18 heavy (non-hydrogen) atoms. The van der Waals surface area contributed by atoms with E-state index in [1.54, 1.807) is 0 Å². The topological polar surface area (TPSA) is 50.1 Å². The molecule has 1 aromatic rings. The molecule has 0 saturated heterocycles. The fourth-order valence-corrected chi connectivity index (χ4v) is 2.29. The molecule has 0 bridgehead atoms. The van der Waals surface area contributed by atoms with Gasteiger partial charge in [-0.25, -0.2) is 0 Å². The average molecular weight is 253 g/mol. The number of aromatic nitrogens is 2. The number of aryl methyl sites for hydroxylation is 2. The molecule has 0 fully saturated rings. The molecule has 2 N–H and O–H groups in total. The zero-order valence-electron chi connectivity index (χ0n) is 12.3. The van der Waals surface area contributed by atoms with Crippen molar-refractivity contribution in [2.75, 3.05) is 13.7 Å². The van der Waals surface area contributed by atoms with Crippen molar-refractivity contribution in [3.8, 4) is 0 Å². The van der Waals surface area contributed by atoms with Gasteiger partial charge in [-0.3, -0.25) is 4.68 Å². The fraction of sp³-hybridized carbons (Fsp3) is 0.786. The normalized spacial score (nSPS) is 16.6. The second-order valence-electron chi connectivity index (χ2n) is 5.30. The van der Waals surface area contributed by atoms with Crippen molar-refractivity contribution < 1.29 is 5.11 Å². The highest BCUT2D eigenvalue weighted by molar-refractivity contribution is 5.11. The zero-order valence-corrected chi connectivity index (χ0v) is 12.3. The highest BCUT2D eigenvalue weighted by atomic mass is 16.3. The van der Waals surface area contributed by atoms with Crippen LogP contribution in [0.3, 0.4) is 0 Å². The fourth-order valence-electron chi connectivity index (χ4n) is 2.29. The Morgan fingerprint density at radius 2 is 2.11 bits per heavy atom. The van der Waals surface area contributed by atoms with Gasteiger partial charge in [0.1, 0.15) is 0 Å². The summed E-state index contributed by atoms with van der Waals surface area (Å²) in [6, 6.07) is 2.47. The minimum absolute atomic E-state index is 0.136. The largest absolute Gasteiger partial charge is 0.394 e. The molecule has 0 aromatic carbocycles. The van der Waals surface area contributed by atoms with Gasteiger partial charge in [0.25, 0.3) is 0 Å². The Morgan fingerprint density at radius 3 is 2.56 bits per heavy atom. The molecule has 104 valence electrons. The lowest BCUT2D eigenvalue weighted by Gasteiger charge is -2.30. The molecule has 4 nitrogen and oxygen atoms in total. The SMILES string of the molecule is CCc1cc(CC)n(C(C)CC(C)(CO)NC)n1. The number of aliphatic hydroxyl groups is 1. The monoisotopic (exact) mass is 253 g/mol. The first kappa shape index (κ1) is 15.2. The van der Waals surface area contributed by atoms with Gasteiger partial charge in [0.15, 0.2) is 0 Å². The van der Waals surface area contributed by atoms with E-state index >= 15 is 0 Å². The van der Waals surface area contributed by atoms with E-state index in [1.165, 1.54) is 5.69 Å². The number of hydrogen-bond donors (Lipinski definition) is 2. The summed E-state index contributed by atoms with van der Waals surface area (Å²) in [5.41, 5.74) is 2.17. The maximum absolute atomic E-state index is 9.47. The van der Waals surface area contributed by atoms with E-state index in [0.29, 0.717) is 0 Å². The van der Waals surface area contributed by atoms with E-state index in [4.69, 9.17) is 0 Å². The van der Waals surface area contributed by atoms with Crippen LogP contribution in [0, 0.1) is 0 Å². The molecule has 1 rings (SSSR count). The predicted molar refractivity (Wildman–Crippen MR) is 74.9 cm³/mol. The third-order valence-electron chi connectivity index (χ3n) is 3.70. The molecular weight excluding hydrogens is 226 g/mol. The maximum atomic E-state index is 9.47. The second kappa shape index (κ2) is 6.34. The highest BCUT2D eigenvalue weighted by Crippen LogP contribution is 2.22. The van der Waals surface area contributed by atoms with Crippen molar-refractivity contribution in [1.82, 2.24) is 15.1 Å². The average Bonchev–Trinajstić information content (AvgIpc) is 2.81. The molecule has 0 aliphatic heterocycles. The first-order valence-corrected chi connectivity index (χ1v) is 6.86. The molecular formula is C14H27N3O. The summed E-state index contributed by atoms with van der Waals surface area (Å²) < 4.78 is 2.12. The zero-order chi connectivity index (χ0) is 13.8. The summed E-state index contributed by atoms with van der Waals surface area (Å²) in [6.45, 7) is 8.62. The van der Waals surface area contributed by atoms with Gasteiger partial charge in [-0.05, 0) is 46.2 Å². The molecule has 0 saturated carbocycles. The van der Waals surface area contributed by atoms with Crippen LogP contribution in [0.5, 0.6) is 0 Å². The van der Waals surface area contributed by atoms with E-state index in [9.17, 15) is 5.11 Å². The predicted octanol–water partition coefficient (Wildman–Crippen LogP) is 1.93. The Labute approximate surface area is 110 Å². The summed E-state index contributed by atoms with van der Waals surface area (Å²) in [4.78, 5) is 0. The molecule has 2 unspecified atom stereocenters. The Kier molecular flexibility index (Phi) is 5.35. The molecule has 1 heterocycles. The van der Waals surface area contributed by atoms with Gasteiger partial charge < -0.3 is 10.4 Å². The number of rotatable bonds is 7. The van der Waals surface area contributed by atoms with Crippen LogP contribution in [-0.2, 0) is 12.8 Å². The van der Waals surface area contributed by atoms with Crippen LogP contribution in [0.25, 0.3) is 0 Å². The molecule has 0 radical (unpaired) electrons. The van der Waals surface area contributed by atoms with E-state index < -0.39 is 0 Å². The van der Waals surface area contributed by atoms with E-state index in [0.717, 1.165) is 25.0 Å². The molecule has 1 aromatic heterocycles. The van der Waals surface area contributed by atoms with Crippen LogP contribution in [0.2, 0.25) is 0 Å². The summed E-state index contributed by atoms with van der Waals surface area (Å²) >= 11 is 0. The lowest BCUT2D eigenvalue weighted by atomic mass is 9.95. The van der Waals surface area contributed by atoms with Gasteiger partial charge in [0, 0.05) is 11.2 Å². The Morgan fingerprint density at radius 1 is 1.44 bits per heavy atom. The lowest BCUT2D eigenvalue weighted by molar-refractivity contribution is 0.156. The molecule has 0 aliphatic carbocycles. The van der Waals surface area contributed by atoms with E-state index in [2.05, 4.69) is 41.9 Å².